The Balaban J connectivity index is 1.50. The van der Waals surface area contributed by atoms with Crippen LogP contribution in [0.2, 0.25) is 0 Å². The predicted octanol–water partition coefficient (Wildman–Crippen LogP) is 3.82. The average molecular weight is 401 g/mol. The second-order valence-corrected chi connectivity index (χ2v) is 9.05. The molecule has 1 fully saturated rings. The van der Waals surface area contributed by atoms with Crippen LogP contribution in [-0.4, -0.2) is 46.5 Å². The van der Waals surface area contributed by atoms with Crippen molar-refractivity contribution in [2.45, 2.75) is 45.2 Å². The first kappa shape index (κ1) is 20.5. The quantitative estimate of drug-likeness (QED) is 0.749. The number of ether oxygens (including phenoxy) is 1. The molecule has 150 valence electrons. The molecule has 2 amide bonds. The molecule has 28 heavy (non-hydrogen) atoms. The zero-order valence-corrected chi connectivity index (χ0v) is 17.6. The van der Waals surface area contributed by atoms with Crippen LogP contribution in [-0.2, 0) is 9.59 Å². The maximum Gasteiger partial charge on any atom is 0.244 e. The molecule has 0 aromatic heterocycles. The monoisotopic (exact) mass is 400 g/mol. The molecule has 0 spiro atoms. The molecule has 5 nitrogen and oxygen atoms in total. The van der Waals surface area contributed by atoms with E-state index in [2.05, 4.69) is 17.4 Å². The van der Waals surface area contributed by atoms with Gasteiger partial charge in [0.25, 0.3) is 0 Å². The first-order valence-corrected chi connectivity index (χ1v) is 10.8. The summed E-state index contributed by atoms with van der Waals surface area (Å²) in [6.45, 7) is 6.32. The maximum atomic E-state index is 12.6. The number of hydrogen-bond acceptors (Lipinski definition) is 4. The fourth-order valence-electron chi connectivity index (χ4n) is 3.23. The maximum absolute atomic E-state index is 12.6. The van der Waals surface area contributed by atoms with Crippen molar-refractivity contribution >= 4 is 34.3 Å². The van der Waals surface area contributed by atoms with Crippen LogP contribution in [0.3, 0.4) is 0 Å². The molecule has 3 rings (SSSR count). The second-order valence-electron chi connectivity index (χ2n) is 8.05. The minimum atomic E-state index is -0.379. The molecule has 1 N–H and O–H groups in total. The van der Waals surface area contributed by atoms with Gasteiger partial charge in [-0.3, -0.25) is 9.59 Å². The minimum absolute atomic E-state index is 0.0144. The van der Waals surface area contributed by atoms with Crippen LogP contribution in [0.15, 0.2) is 42.5 Å². The van der Waals surface area contributed by atoms with Crippen molar-refractivity contribution in [1.29, 1.82) is 0 Å². The van der Waals surface area contributed by atoms with Gasteiger partial charge >= 0.3 is 0 Å². The van der Waals surface area contributed by atoms with Gasteiger partial charge in [-0.05, 0) is 38.6 Å². The number of hydrogen-bond donors (Lipinski definition) is 1. The number of carbonyl (C=O) groups is 2. The fraction of sp³-hybridized carbons (Fsp3) is 0.455. The van der Waals surface area contributed by atoms with Gasteiger partial charge in [0.15, 0.2) is 0 Å². The van der Waals surface area contributed by atoms with E-state index in [1.54, 1.807) is 16.7 Å². The Kier molecular flexibility index (Phi) is 6.50. The summed E-state index contributed by atoms with van der Waals surface area (Å²) in [7, 11) is 0. The highest BCUT2D eigenvalue weighted by Gasteiger charge is 2.35. The number of amides is 2. The third-order valence-corrected chi connectivity index (χ3v) is 5.56. The van der Waals surface area contributed by atoms with Gasteiger partial charge < -0.3 is 15.0 Å². The summed E-state index contributed by atoms with van der Waals surface area (Å²) < 4.78 is 5.92. The van der Waals surface area contributed by atoms with E-state index >= 15 is 0 Å². The third kappa shape index (κ3) is 5.19. The van der Waals surface area contributed by atoms with Gasteiger partial charge in [-0.2, -0.15) is 0 Å². The smallest absolute Gasteiger partial charge is 0.244 e. The number of carbonyl (C=O) groups excluding carboxylic acids is 2. The lowest BCUT2D eigenvalue weighted by atomic mass is 10.1. The summed E-state index contributed by atoms with van der Waals surface area (Å²) in [6.07, 6.45) is 1.00. The Labute approximate surface area is 170 Å². The van der Waals surface area contributed by atoms with Crippen molar-refractivity contribution in [2.24, 2.45) is 0 Å². The molecule has 0 saturated carbocycles. The van der Waals surface area contributed by atoms with Gasteiger partial charge in [-0.25, -0.2) is 0 Å². The van der Waals surface area contributed by atoms with Crippen molar-refractivity contribution in [3.05, 3.63) is 42.5 Å². The Morgan fingerprint density at radius 2 is 1.93 bits per heavy atom. The number of benzene rings is 2. The van der Waals surface area contributed by atoms with Crippen LogP contribution in [0.5, 0.6) is 5.75 Å². The molecule has 1 atom stereocenters. The molecule has 1 heterocycles. The van der Waals surface area contributed by atoms with Crippen molar-refractivity contribution in [1.82, 2.24) is 10.2 Å². The average Bonchev–Trinajstić information content (AvgIpc) is 3.14. The lowest BCUT2D eigenvalue weighted by Gasteiger charge is -2.27. The van der Waals surface area contributed by atoms with Crippen LogP contribution in [0.25, 0.3) is 10.8 Å². The summed E-state index contributed by atoms with van der Waals surface area (Å²) >= 11 is 1.62. The largest absolute Gasteiger partial charge is 0.493 e. The van der Waals surface area contributed by atoms with Crippen molar-refractivity contribution in [3.63, 3.8) is 0 Å². The standard InChI is InChI=1S/C22H28N2O3S/c1-22(2,3)23-21(26)18-14-28-15-24(18)20(25)12-7-13-27-19-11-6-9-16-8-4-5-10-17(16)19/h4-6,8-11,18H,7,12-15H2,1-3H3,(H,23,26). The van der Waals surface area contributed by atoms with Crippen LogP contribution in [0, 0.1) is 0 Å². The molecule has 1 unspecified atom stereocenters. The highest BCUT2D eigenvalue weighted by molar-refractivity contribution is 7.99. The number of rotatable bonds is 6. The Bertz CT molecular complexity index is 842. The van der Waals surface area contributed by atoms with E-state index in [0.29, 0.717) is 31.1 Å². The summed E-state index contributed by atoms with van der Waals surface area (Å²) in [5.74, 6) is 2.01. The number of fused-ring (bicyclic) bond motifs is 1. The van der Waals surface area contributed by atoms with Gasteiger partial charge in [0.2, 0.25) is 11.8 Å². The van der Waals surface area contributed by atoms with E-state index in [1.165, 1.54) is 0 Å². The lowest BCUT2D eigenvalue weighted by Crippen LogP contribution is -2.52. The summed E-state index contributed by atoms with van der Waals surface area (Å²) in [5.41, 5.74) is -0.300. The Hall–Kier alpha value is -2.21. The van der Waals surface area contributed by atoms with Gasteiger partial charge in [-0.1, -0.05) is 36.4 Å². The van der Waals surface area contributed by atoms with Crippen LogP contribution in [0.1, 0.15) is 33.6 Å². The first-order valence-electron chi connectivity index (χ1n) is 9.65. The molecular formula is C22H28N2O3S. The normalized spacial score (nSPS) is 17.0. The van der Waals surface area contributed by atoms with E-state index in [1.807, 2.05) is 51.1 Å². The predicted molar refractivity (Wildman–Crippen MR) is 115 cm³/mol. The highest BCUT2D eigenvalue weighted by Crippen LogP contribution is 2.26. The molecule has 0 radical (unpaired) electrons. The van der Waals surface area contributed by atoms with E-state index < -0.39 is 0 Å². The fourth-order valence-corrected chi connectivity index (χ4v) is 4.41. The van der Waals surface area contributed by atoms with Crippen molar-refractivity contribution in [2.75, 3.05) is 18.2 Å². The Morgan fingerprint density at radius 3 is 2.71 bits per heavy atom. The molecule has 2 aromatic rings. The first-order chi connectivity index (χ1) is 13.3. The molecule has 0 aliphatic carbocycles. The van der Waals surface area contributed by atoms with E-state index in [-0.39, 0.29) is 23.4 Å². The molecule has 2 aromatic carbocycles. The molecule has 6 heteroatoms. The van der Waals surface area contributed by atoms with Crippen molar-refractivity contribution < 1.29 is 14.3 Å². The minimum Gasteiger partial charge on any atom is -0.493 e. The summed E-state index contributed by atoms with van der Waals surface area (Å²) in [4.78, 5) is 26.8. The molecule has 1 saturated heterocycles. The SMILES string of the molecule is CC(C)(C)NC(=O)C1CSCN1C(=O)CCCOc1cccc2ccccc12. The highest BCUT2D eigenvalue weighted by atomic mass is 32.2. The van der Waals surface area contributed by atoms with Gasteiger partial charge in [0.05, 0.1) is 12.5 Å². The summed E-state index contributed by atoms with van der Waals surface area (Å²) in [5, 5.41) is 5.19. The Morgan fingerprint density at radius 1 is 1.18 bits per heavy atom. The zero-order valence-electron chi connectivity index (χ0n) is 16.7. The number of thioether (sulfide) groups is 1. The van der Waals surface area contributed by atoms with Gasteiger partial charge in [0.1, 0.15) is 11.8 Å². The van der Waals surface area contributed by atoms with E-state index in [9.17, 15) is 9.59 Å². The summed E-state index contributed by atoms with van der Waals surface area (Å²) in [6, 6.07) is 13.7. The molecule has 0 bridgehead atoms. The van der Waals surface area contributed by atoms with Crippen molar-refractivity contribution in [3.8, 4) is 5.75 Å². The van der Waals surface area contributed by atoms with Crippen LogP contribution in [0.4, 0.5) is 0 Å². The topological polar surface area (TPSA) is 58.6 Å². The second kappa shape index (κ2) is 8.86. The third-order valence-electron chi connectivity index (χ3n) is 4.55. The lowest BCUT2D eigenvalue weighted by molar-refractivity contribution is -0.138. The molecule has 1 aliphatic heterocycles. The zero-order chi connectivity index (χ0) is 20.1. The molecule has 1 aliphatic rings. The van der Waals surface area contributed by atoms with Gasteiger partial charge in [-0.15, -0.1) is 11.8 Å². The number of nitrogens with one attached hydrogen (secondary N) is 1. The van der Waals surface area contributed by atoms with Crippen LogP contribution >= 0.6 is 11.8 Å². The molecular weight excluding hydrogens is 372 g/mol. The van der Waals surface area contributed by atoms with E-state index in [0.717, 1.165) is 16.5 Å². The number of nitrogens with zero attached hydrogens (tertiary/aromatic N) is 1. The van der Waals surface area contributed by atoms with Crippen LogP contribution < -0.4 is 10.1 Å². The van der Waals surface area contributed by atoms with Gasteiger partial charge in [0, 0.05) is 23.1 Å². The van der Waals surface area contributed by atoms with E-state index in [4.69, 9.17) is 4.74 Å².